The van der Waals surface area contributed by atoms with Gasteiger partial charge in [-0.1, -0.05) is 20.3 Å². The predicted molar refractivity (Wildman–Crippen MR) is 112 cm³/mol. The number of carboxylic acid groups (broad SMARTS) is 2. The molecule has 0 bridgehead atoms. The predicted octanol–water partition coefficient (Wildman–Crippen LogP) is -2.67. The molecule has 1 aromatic heterocycles. The molecule has 9 N–H and O–H groups in total. The molecule has 0 aromatic carbocycles. The average molecular weight is 470 g/mol. The van der Waals surface area contributed by atoms with Crippen LogP contribution in [0.15, 0.2) is 12.5 Å². The van der Waals surface area contributed by atoms with Gasteiger partial charge in [0.05, 0.1) is 25.4 Å². The molecule has 0 aliphatic carbocycles. The fourth-order valence-corrected chi connectivity index (χ4v) is 2.79. The van der Waals surface area contributed by atoms with Crippen molar-refractivity contribution in [2.75, 3.05) is 6.61 Å². The summed E-state index contributed by atoms with van der Waals surface area (Å²) in [5, 5.41) is 34.3. The van der Waals surface area contributed by atoms with Gasteiger partial charge in [0.1, 0.15) is 18.1 Å². The van der Waals surface area contributed by atoms with Crippen molar-refractivity contribution >= 4 is 29.7 Å². The molecule has 0 saturated carbocycles. The van der Waals surface area contributed by atoms with E-state index in [0.717, 1.165) is 0 Å². The molecule has 1 heterocycles. The summed E-state index contributed by atoms with van der Waals surface area (Å²) >= 11 is 0. The average Bonchev–Trinajstić information content (AvgIpc) is 3.26. The first kappa shape index (κ1) is 27.5. The summed E-state index contributed by atoms with van der Waals surface area (Å²) in [4.78, 5) is 66.3. The van der Waals surface area contributed by atoms with Gasteiger partial charge >= 0.3 is 11.9 Å². The number of aromatic nitrogens is 2. The lowest BCUT2D eigenvalue weighted by Crippen LogP contribution is -2.59. The maximum atomic E-state index is 12.6. The van der Waals surface area contributed by atoms with E-state index in [1.165, 1.54) is 12.5 Å². The number of hydrogen-bond donors (Lipinski definition) is 8. The Morgan fingerprint density at radius 2 is 1.70 bits per heavy atom. The number of aliphatic carboxylic acids is 2. The van der Waals surface area contributed by atoms with Gasteiger partial charge in [0.25, 0.3) is 0 Å². The van der Waals surface area contributed by atoms with Gasteiger partial charge in [-0.15, -0.1) is 0 Å². The van der Waals surface area contributed by atoms with Crippen LogP contribution < -0.4 is 21.7 Å². The second-order valence-corrected chi connectivity index (χ2v) is 7.50. The second-order valence-electron chi connectivity index (χ2n) is 7.50. The van der Waals surface area contributed by atoms with Gasteiger partial charge in [-0.25, -0.2) is 9.78 Å². The van der Waals surface area contributed by atoms with Crippen LogP contribution in [0, 0.1) is 5.92 Å². The first-order chi connectivity index (χ1) is 15.5. The molecule has 1 aromatic rings. The number of aromatic amines is 1. The van der Waals surface area contributed by atoms with Gasteiger partial charge in [0, 0.05) is 18.3 Å². The van der Waals surface area contributed by atoms with Crippen LogP contribution in [-0.2, 0) is 30.4 Å². The lowest BCUT2D eigenvalue weighted by Gasteiger charge is -2.27. The Balaban J connectivity index is 2.85. The zero-order chi connectivity index (χ0) is 25.1. The number of H-pyrrole nitrogens is 1. The van der Waals surface area contributed by atoms with Crippen molar-refractivity contribution in [2.45, 2.75) is 57.3 Å². The van der Waals surface area contributed by atoms with Gasteiger partial charge in [0.15, 0.2) is 0 Å². The number of nitrogens with one attached hydrogen (secondary N) is 4. The summed E-state index contributed by atoms with van der Waals surface area (Å²) in [6.45, 7) is 2.55. The Bertz CT molecular complexity index is 830. The monoisotopic (exact) mass is 470 g/mol. The van der Waals surface area contributed by atoms with Crippen molar-refractivity contribution in [1.82, 2.24) is 25.9 Å². The molecule has 14 heteroatoms. The molecule has 1 rings (SSSR count). The Morgan fingerprint density at radius 3 is 2.18 bits per heavy atom. The minimum Gasteiger partial charge on any atom is -0.481 e. The lowest BCUT2D eigenvalue weighted by molar-refractivity contribution is -0.147. The number of carboxylic acids is 2. The van der Waals surface area contributed by atoms with E-state index in [2.05, 4.69) is 25.9 Å². The molecule has 0 radical (unpaired) electrons. The third-order valence-corrected chi connectivity index (χ3v) is 4.93. The number of carbonyl (C=O) groups is 5. The van der Waals surface area contributed by atoms with Gasteiger partial charge in [-0.3, -0.25) is 19.2 Å². The Hall–Kier alpha value is -3.52. The highest BCUT2D eigenvalue weighted by Crippen LogP contribution is 2.09. The first-order valence-corrected chi connectivity index (χ1v) is 10.2. The number of amides is 3. The topological polar surface area (TPSA) is 237 Å². The molecule has 0 aliphatic heterocycles. The van der Waals surface area contributed by atoms with Gasteiger partial charge in [-0.2, -0.15) is 0 Å². The maximum absolute atomic E-state index is 12.6. The number of rotatable bonds is 14. The lowest BCUT2D eigenvalue weighted by atomic mass is 9.97. The molecule has 5 unspecified atom stereocenters. The van der Waals surface area contributed by atoms with Crippen LogP contribution in [0.1, 0.15) is 32.4 Å². The van der Waals surface area contributed by atoms with E-state index >= 15 is 0 Å². The van der Waals surface area contributed by atoms with Gasteiger partial charge in [-0.05, 0) is 5.92 Å². The quantitative estimate of drug-likeness (QED) is 0.140. The Morgan fingerprint density at radius 1 is 1.06 bits per heavy atom. The van der Waals surface area contributed by atoms with E-state index in [1.807, 2.05) is 0 Å². The minimum absolute atomic E-state index is 0.101. The SMILES string of the molecule is CCC(C)C(NC(=O)C(CO)NC(=O)C(N)Cc1cnc[nH]1)C(=O)NC(CC(=O)O)C(=O)O. The summed E-state index contributed by atoms with van der Waals surface area (Å²) < 4.78 is 0. The number of aliphatic hydroxyl groups excluding tert-OH is 1. The van der Waals surface area contributed by atoms with Crippen LogP contribution in [-0.4, -0.2) is 85.7 Å². The molecule has 3 amide bonds. The number of imidazole rings is 1. The smallest absolute Gasteiger partial charge is 0.326 e. The fourth-order valence-electron chi connectivity index (χ4n) is 2.79. The van der Waals surface area contributed by atoms with Crippen LogP contribution in [0.5, 0.6) is 0 Å². The molecule has 5 atom stereocenters. The van der Waals surface area contributed by atoms with E-state index in [0.29, 0.717) is 12.1 Å². The standard InChI is InChI=1S/C19H30N6O8/c1-3-9(2)15(18(31)23-12(19(32)33)5-14(27)28)25-17(30)13(7-26)24-16(29)11(20)4-10-6-21-8-22-10/h6,8-9,11-13,15,26H,3-5,7,20H2,1-2H3,(H,21,22)(H,23,31)(H,24,29)(H,25,30)(H,27,28)(H,32,33). The molecule has 14 nitrogen and oxygen atoms in total. The van der Waals surface area contributed by atoms with E-state index in [1.54, 1.807) is 13.8 Å². The van der Waals surface area contributed by atoms with Crippen molar-refractivity contribution in [3.63, 3.8) is 0 Å². The largest absolute Gasteiger partial charge is 0.481 e. The molecule has 184 valence electrons. The molecule has 0 spiro atoms. The highest BCUT2D eigenvalue weighted by Gasteiger charge is 2.33. The zero-order valence-electron chi connectivity index (χ0n) is 18.3. The fraction of sp³-hybridized carbons (Fsp3) is 0.579. The van der Waals surface area contributed by atoms with Gasteiger partial charge in [0.2, 0.25) is 17.7 Å². The van der Waals surface area contributed by atoms with Crippen LogP contribution in [0.3, 0.4) is 0 Å². The van der Waals surface area contributed by atoms with Crippen LogP contribution in [0.4, 0.5) is 0 Å². The van der Waals surface area contributed by atoms with Crippen LogP contribution in [0.25, 0.3) is 0 Å². The van der Waals surface area contributed by atoms with Crippen molar-refractivity contribution in [3.05, 3.63) is 18.2 Å². The molecule has 0 aliphatic rings. The molecular weight excluding hydrogens is 440 g/mol. The molecular formula is C19H30N6O8. The van der Waals surface area contributed by atoms with E-state index in [-0.39, 0.29) is 6.42 Å². The number of carbonyl (C=O) groups excluding carboxylic acids is 3. The zero-order valence-corrected chi connectivity index (χ0v) is 18.3. The van der Waals surface area contributed by atoms with Gasteiger partial charge < -0.3 is 42.0 Å². The second kappa shape index (κ2) is 13.1. The third-order valence-electron chi connectivity index (χ3n) is 4.93. The normalized spacial score (nSPS) is 15.4. The summed E-state index contributed by atoms with van der Waals surface area (Å²) in [6.07, 6.45) is 2.54. The molecule has 0 fully saturated rings. The number of hydrogen-bond acceptors (Lipinski definition) is 8. The minimum atomic E-state index is -1.70. The van der Waals surface area contributed by atoms with Crippen LogP contribution >= 0.6 is 0 Å². The Labute approximate surface area is 189 Å². The van der Waals surface area contributed by atoms with E-state index in [9.17, 15) is 29.1 Å². The molecule has 33 heavy (non-hydrogen) atoms. The van der Waals surface area contributed by atoms with Crippen molar-refractivity contribution < 1.29 is 39.3 Å². The summed E-state index contributed by atoms with van der Waals surface area (Å²) in [7, 11) is 0. The Kier molecular flexibility index (Phi) is 10.9. The number of nitrogens with zero attached hydrogens (tertiary/aromatic N) is 1. The van der Waals surface area contributed by atoms with Crippen molar-refractivity contribution in [3.8, 4) is 0 Å². The summed E-state index contributed by atoms with van der Waals surface area (Å²) in [6, 6.07) is -5.43. The first-order valence-electron chi connectivity index (χ1n) is 10.2. The van der Waals surface area contributed by atoms with Crippen molar-refractivity contribution in [2.24, 2.45) is 11.7 Å². The number of nitrogens with two attached hydrogens (primary N) is 1. The van der Waals surface area contributed by atoms with Crippen LogP contribution in [0.2, 0.25) is 0 Å². The molecule has 0 saturated heterocycles. The van der Waals surface area contributed by atoms with E-state index in [4.69, 9.17) is 15.9 Å². The van der Waals surface area contributed by atoms with E-state index < -0.39 is 72.8 Å². The summed E-state index contributed by atoms with van der Waals surface area (Å²) in [5.74, 6) is -6.00. The number of aliphatic hydroxyl groups is 1. The maximum Gasteiger partial charge on any atom is 0.326 e. The third kappa shape index (κ3) is 8.86. The highest BCUT2D eigenvalue weighted by atomic mass is 16.4. The van der Waals surface area contributed by atoms with Crippen molar-refractivity contribution in [1.29, 1.82) is 0 Å². The highest BCUT2D eigenvalue weighted by molar-refractivity contribution is 5.94. The summed E-state index contributed by atoms with van der Waals surface area (Å²) in [5.41, 5.74) is 6.40.